The number of methoxy groups -OCH3 is 1. The van der Waals surface area contributed by atoms with Gasteiger partial charge in [0.1, 0.15) is 19.8 Å². The fourth-order valence-electron chi connectivity index (χ4n) is 3.52. The average molecular weight is 424 g/mol. The predicted molar refractivity (Wildman–Crippen MR) is 119 cm³/mol. The highest BCUT2D eigenvalue weighted by Crippen LogP contribution is 2.21. The molecule has 2 aromatic carbocycles. The Morgan fingerprint density at radius 3 is 2.52 bits per heavy atom. The fourth-order valence-corrected chi connectivity index (χ4v) is 3.52. The molecule has 1 fully saturated rings. The summed E-state index contributed by atoms with van der Waals surface area (Å²) in [6.07, 6.45) is 0.890. The SMILES string of the molecule is CCc1ccc(C(=O)N(CCOC)CC(=O)N2CC(=O)N(c3cccc(C)c3)C2)cc1. The number of amides is 3. The third kappa shape index (κ3) is 5.49. The van der Waals surface area contributed by atoms with E-state index in [0.29, 0.717) is 18.7 Å². The number of carbonyl (C=O) groups is 3. The van der Waals surface area contributed by atoms with Crippen LogP contribution in [0.4, 0.5) is 5.69 Å². The lowest BCUT2D eigenvalue weighted by atomic mass is 10.1. The van der Waals surface area contributed by atoms with Gasteiger partial charge in [0.05, 0.1) is 6.61 Å². The van der Waals surface area contributed by atoms with Crippen LogP contribution in [0.5, 0.6) is 0 Å². The number of rotatable bonds is 8. The van der Waals surface area contributed by atoms with Gasteiger partial charge in [-0.15, -0.1) is 0 Å². The predicted octanol–water partition coefficient (Wildman–Crippen LogP) is 2.48. The molecule has 1 heterocycles. The van der Waals surface area contributed by atoms with Crippen LogP contribution in [0, 0.1) is 6.92 Å². The number of carbonyl (C=O) groups excluding carboxylic acids is 3. The fraction of sp³-hybridized carbons (Fsp3) is 0.375. The number of ether oxygens (including phenoxy) is 1. The van der Waals surface area contributed by atoms with Gasteiger partial charge in [0.25, 0.3) is 5.91 Å². The molecular weight excluding hydrogens is 394 g/mol. The van der Waals surface area contributed by atoms with Crippen molar-refractivity contribution in [3.05, 3.63) is 65.2 Å². The van der Waals surface area contributed by atoms with E-state index in [-0.39, 0.29) is 37.5 Å². The van der Waals surface area contributed by atoms with E-state index in [2.05, 4.69) is 6.92 Å². The zero-order valence-corrected chi connectivity index (χ0v) is 18.3. The van der Waals surface area contributed by atoms with Crippen LogP contribution in [-0.2, 0) is 20.7 Å². The van der Waals surface area contributed by atoms with E-state index in [4.69, 9.17) is 4.74 Å². The summed E-state index contributed by atoms with van der Waals surface area (Å²) in [4.78, 5) is 43.0. The molecular formula is C24H29N3O4. The van der Waals surface area contributed by atoms with Crippen molar-refractivity contribution >= 4 is 23.4 Å². The Morgan fingerprint density at radius 2 is 1.87 bits per heavy atom. The molecule has 0 unspecified atom stereocenters. The monoisotopic (exact) mass is 423 g/mol. The highest BCUT2D eigenvalue weighted by atomic mass is 16.5. The lowest BCUT2D eigenvalue weighted by Gasteiger charge is -2.25. The molecule has 1 saturated heterocycles. The molecule has 31 heavy (non-hydrogen) atoms. The van der Waals surface area contributed by atoms with Crippen LogP contribution in [-0.4, -0.2) is 67.5 Å². The van der Waals surface area contributed by atoms with Gasteiger partial charge in [-0.2, -0.15) is 0 Å². The van der Waals surface area contributed by atoms with E-state index in [1.807, 2.05) is 43.3 Å². The van der Waals surface area contributed by atoms with Crippen LogP contribution in [0.15, 0.2) is 48.5 Å². The molecule has 1 aliphatic heterocycles. The Morgan fingerprint density at radius 1 is 1.13 bits per heavy atom. The highest BCUT2D eigenvalue weighted by molar-refractivity contribution is 6.01. The zero-order chi connectivity index (χ0) is 22.4. The number of aryl methyl sites for hydroxylation is 2. The average Bonchev–Trinajstić information content (AvgIpc) is 3.18. The quantitative estimate of drug-likeness (QED) is 0.654. The molecule has 3 rings (SSSR count). The molecule has 0 atom stereocenters. The smallest absolute Gasteiger partial charge is 0.254 e. The lowest BCUT2D eigenvalue weighted by Crippen LogP contribution is -2.44. The molecule has 0 spiro atoms. The van der Waals surface area contributed by atoms with Crippen LogP contribution >= 0.6 is 0 Å². The number of nitrogens with zero attached hydrogens (tertiary/aromatic N) is 3. The van der Waals surface area contributed by atoms with Crippen molar-refractivity contribution in [3.8, 4) is 0 Å². The van der Waals surface area contributed by atoms with Crippen molar-refractivity contribution in [3.63, 3.8) is 0 Å². The summed E-state index contributed by atoms with van der Waals surface area (Å²) >= 11 is 0. The molecule has 0 saturated carbocycles. The minimum absolute atomic E-state index is 0.00425. The molecule has 2 aromatic rings. The Balaban J connectivity index is 1.70. The summed E-state index contributed by atoms with van der Waals surface area (Å²) in [5.41, 5.74) is 3.48. The van der Waals surface area contributed by atoms with Crippen LogP contribution < -0.4 is 4.90 Å². The van der Waals surface area contributed by atoms with Gasteiger partial charge in [0.15, 0.2) is 0 Å². The molecule has 7 heteroatoms. The van der Waals surface area contributed by atoms with Crippen molar-refractivity contribution < 1.29 is 19.1 Å². The third-order valence-electron chi connectivity index (χ3n) is 5.39. The van der Waals surface area contributed by atoms with Crippen molar-refractivity contribution in [2.45, 2.75) is 20.3 Å². The molecule has 0 bridgehead atoms. The van der Waals surface area contributed by atoms with Gasteiger partial charge in [-0.3, -0.25) is 19.3 Å². The lowest BCUT2D eigenvalue weighted by molar-refractivity contribution is -0.132. The first-order chi connectivity index (χ1) is 14.9. The second kappa shape index (κ2) is 10.2. The summed E-state index contributed by atoms with van der Waals surface area (Å²) in [6, 6.07) is 15.0. The Kier molecular flexibility index (Phi) is 7.41. The molecule has 1 aliphatic rings. The summed E-state index contributed by atoms with van der Waals surface area (Å²) in [5, 5.41) is 0. The second-order valence-corrected chi connectivity index (χ2v) is 7.66. The van der Waals surface area contributed by atoms with Crippen molar-refractivity contribution in [1.82, 2.24) is 9.80 Å². The summed E-state index contributed by atoms with van der Waals surface area (Å²) < 4.78 is 5.12. The van der Waals surface area contributed by atoms with Crippen molar-refractivity contribution in [1.29, 1.82) is 0 Å². The Labute approximate surface area is 183 Å². The van der Waals surface area contributed by atoms with Crippen LogP contribution in [0.2, 0.25) is 0 Å². The van der Waals surface area contributed by atoms with E-state index in [1.54, 1.807) is 24.1 Å². The van der Waals surface area contributed by atoms with Crippen molar-refractivity contribution in [2.24, 2.45) is 0 Å². The third-order valence-corrected chi connectivity index (χ3v) is 5.39. The topological polar surface area (TPSA) is 70.2 Å². The minimum Gasteiger partial charge on any atom is -0.383 e. The molecule has 0 aromatic heterocycles. The Hall–Kier alpha value is -3.19. The van der Waals surface area contributed by atoms with Crippen LogP contribution in [0.3, 0.4) is 0 Å². The number of hydrogen-bond acceptors (Lipinski definition) is 4. The van der Waals surface area contributed by atoms with E-state index in [1.165, 1.54) is 9.80 Å². The summed E-state index contributed by atoms with van der Waals surface area (Å²) in [5.74, 6) is -0.629. The first-order valence-electron chi connectivity index (χ1n) is 10.4. The zero-order valence-electron chi connectivity index (χ0n) is 18.3. The summed E-state index contributed by atoms with van der Waals surface area (Å²) in [7, 11) is 1.55. The first kappa shape index (κ1) is 22.5. The standard InChI is InChI=1S/C24H29N3O4/c1-4-19-8-10-20(11-9-19)24(30)25(12-13-31-3)15-22(28)26-16-23(29)27(17-26)21-7-5-6-18(2)14-21/h5-11,14H,4,12-13,15-17H2,1-3H3. The van der Waals surface area contributed by atoms with E-state index >= 15 is 0 Å². The van der Waals surface area contributed by atoms with Gasteiger partial charge in [-0.25, -0.2) is 0 Å². The minimum atomic E-state index is -0.266. The normalized spacial score (nSPS) is 13.6. The van der Waals surface area contributed by atoms with E-state index in [9.17, 15) is 14.4 Å². The molecule has 0 radical (unpaired) electrons. The van der Waals surface area contributed by atoms with Gasteiger partial charge in [-0.1, -0.05) is 31.2 Å². The molecule has 164 valence electrons. The first-order valence-corrected chi connectivity index (χ1v) is 10.4. The maximum Gasteiger partial charge on any atom is 0.254 e. The van der Waals surface area contributed by atoms with Crippen molar-refractivity contribution in [2.75, 3.05) is 44.9 Å². The Bertz CT molecular complexity index is 942. The molecule has 7 nitrogen and oxygen atoms in total. The van der Waals surface area contributed by atoms with E-state index in [0.717, 1.165) is 23.2 Å². The summed E-state index contributed by atoms with van der Waals surface area (Å²) in [6.45, 7) is 4.70. The molecule has 3 amide bonds. The van der Waals surface area contributed by atoms with Gasteiger partial charge in [0.2, 0.25) is 11.8 Å². The largest absolute Gasteiger partial charge is 0.383 e. The maximum atomic E-state index is 13.0. The number of hydrogen-bond donors (Lipinski definition) is 0. The highest BCUT2D eigenvalue weighted by Gasteiger charge is 2.33. The number of benzene rings is 2. The maximum absolute atomic E-state index is 13.0. The second-order valence-electron chi connectivity index (χ2n) is 7.66. The van der Waals surface area contributed by atoms with Gasteiger partial charge in [0, 0.05) is 24.9 Å². The van der Waals surface area contributed by atoms with Gasteiger partial charge >= 0.3 is 0 Å². The molecule has 0 aliphatic carbocycles. The van der Waals surface area contributed by atoms with E-state index < -0.39 is 0 Å². The van der Waals surface area contributed by atoms with Gasteiger partial charge in [-0.05, 0) is 48.7 Å². The van der Waals surface area contributed by atoms with Crippen LogP contribution in [0.25, 0.3) is 0 Å². The van der Waals surface area contributed by atoms with Crippen LogP contribution in [0.1, 0.15) is 28.4 Å². The number of anilines is 1. The van der Waals surface area contributed by atoms with Gasteiger partial charge < -0.3 is 14.5 Å². The molecule has 0 N–H and O–H groups in total.